The monoisotopic (exact) mass is 684 g/mol. The van der Waals surface area contributed by atoms with Gasteiger partial charge < -0.3 is 31.4 Å². The molecule has 0 radical (unpaired) electrons. The first kappa shape index (κ1) is 33.7. The maximum Gasteiger partial charge on any atom is 0.372 e. The molecule has 2 bridgehead atoms. The number of esters is 1. The van der Waals surface area contributed by atoms with Crippen molar-refractivity contribution in [2.24, 2.45) is 56.2 Å². The lowest BCUT2D eigenvalue weighted by Crippen LogP contribution is -3.00. The average molecular weight is 686 g/mol. The molecule has 5 aliphatic carbocycles. The van der Waals surface area contributed by atoms with Gasteiger partial charge in [-0.15, -0.1) is 0 Å². The van der Waals surface area contributed by atoms with Crippen LogP contribution in [0.15, 0.2) is 24.5 Å². The molecule has 5 saturated carbocycles. The number of carbonyl (C=O) groups is 1. The van der Waals surface area contributed by atoms with Gasteiger partial charge in [0.1, 0.15) is 6.10 Å². The molecule has 1 aromatic heterocycles. The van der Waals surface area contributed by atoms with Crippen molar-refractivity contribution in [1.29, 1.82) is 0 Å². The van der Waals surface area contributed by atoms with E-state index in [0.29, 0.717) is 39.1 Å². The molecule has 5 nitrogen and oxygen atoms in total. The summed E-state index contributed by atoms with van der Waals surface area (Å²) in [7, 11) is 4.07. The van der Waals surface area contributed by atoms with Crippen LogP contribution < -0.4 is 26.4 Å². The lowest BCUT2D eigenvalue weighted by molar-refractivity contribution is -0.686. The quantitative estimate of drug-likeness (QED) is 0.336. The maximum absolute atomic E-state index is 13.3. The highest BCUT2D eigenvalue weighted by molar-refractivity contribution is 5.68. The van der Waals surface area contributed by atoms with Crippen molar-refractivity contribution in [3.63, 3.8) is 0 Å². The van der Waals surface area contributed by atoms with Gasteiger partial charge in [-0.3, -0.25) is 0 Å². The van der Waals surface area contributed by atoms with Gasteiger partial charge in [-0.25, -0.2) is 4.79 Å². The second kappa shape index (κ2) is 10.9. The number of pyridine rings is 1. The Labute approximate surface area is 284 Å². The highest BCUT2D eigenvalue weighted by Gasteiger charge is 2.73. The highest BCUT2D eigenvalue weighted by Crippen LogP contribution is 2.78. The molecule has 0 aromatic carbocycles. The number of nitrogens with zero attached hydrogens (tertiary/aromatic N) is 2. The summed E-state index contributed by atoms with van der Waals surface area (Å²) in [5.74, 6) is 2.75. The summed E-state index contributed by atoms with van der Waals surface area (Å²) in [6, 6.07) is 4.10. The molecule has 7 rings (SSSR count). The Morgan fingerprint density at radius 1 is 0.867 bits per heavy atom. The van der Waals surface area contributed by atoms with E-state index in [0.717, 1.165) is 36.5 Å². The third-order valence-corrected chi connectivity index (χ3v) is 16.0. The second-order valence-corrected chi connectivity index (χ2v) is 18.7. The number of hydrogen-bond donors (Lipinski definition) is 0. The standard InChI is InChI=1S/C39H61N2O3.BrH/c1-34(2)18-20-39-21-19-37(6)27(32(39)33(34)43-25-39)10-11-29-36(5)16-13-30(35(3,4)28(36)12-17-38(29,37)7)44-31(42)24-41-22-14-26(15-23-41)40(8)9;/h14-15,22-23,27-30,32-33H,10-13,16-21,24-25H2,1-9H3;1H/q+1;/p-1/t27?,28?,29?,30-,32?,33+,36-,37+,38+,39+;/m0./s1. The number of halogens is 1. The minimum Gasteiger partial charge on any atom is -1.00 e. The number of rotatable bonds is 4. The summed E-state index contributed by atoms with van der Waals surface area (Å²) >= 11 is 0. The predicted octanol–water partition coefficient (Wildman–Crippen LogP) is 4.85. The molecule has 252 valence electrons. The third kappa shape index (κ3) is 4.74. The van der Waals surface area contributed by atoms with Crippen LogP contribution in [0, 0.1) is 56.2 Å². The maximum atomic E-state index is 13.3. The van der Waals surface area contributed by atoms with Gasteiger partial charge in [0.25, 0.3) is 0 Å². The molecular formula is C39H61BrN2O3. The van der Waals surface area contributed by atoms with Crippen LogP contribution in [0.5, 0.6) is 0 Å². The number of anilines is 1. The first-order valence-corrected chi connectivity index (χ1v) is 18.1. The van der Waals surface area contributed by atoms with Gasteiger partial charge in [0, 0.05) is 37.3 Å². The van der Waals surface area contributed by atoms with Gasteiger partial charge >= 0.3 is 5.97 Å². The summed E-state index contributed by atoms with van der Waals surface area (Å²) in [4.78, 5) is 15.3. The Kier molecular flexibility index (Phi) is 8.20. The lowest BCUT2D eigenvalue weighted by Gasteiger charge is -2.73. The number of ether oxygens (including phenoxy) is 2. The molecule has 4 unspecified atom stereocenters. The van der Waals surface area contributed by atoms with E-state index in [4.69, 9.17) is 9.47 Å². The predicted molar refractivity (Wildman–Crippen MR) is 175 cm³/mol. The summed E-state index contributed by atoms with van der Waals surface area (Å²) in [5.41, 5.74) is 2.89. The Hall–Kier alpha value is -1.14. The van der Waals surface area contributed by atoms with E-state index >= 15 is 0 Å². The summed E-state index contributed by atoms with van der Waals surface area (Å²) in [5, 5.41) is 0. The fraction of sp³-hybridized carbons (Fsp3) is 0.846. The summed E-state index contributed by atoms with van der Waals surface area (Å²) in [6.07, 6.45) is 17.3. The van der Waals surface area contributed by atoms with Crippen LogP contribution >= 0.6 is 0 Å². The molecular weight excluding hydrogens is 624 g/mol. The second-order valence-electron chi connectivity index (χ2n) is 18.7. The first-order chi connectivity index (χ1) is 20.6. The molecule has 0 N–H and O–H groups in total. The number of hydrogen-bond acceptors (Lipinski definition) is 4. The van der Waals surface area contributed by atoms with Gasteiger partial charge in [-0.05, 0) is 115 Å². The van der Waals surface area contributed by atoms with E-state index < -0.39 is 0 Å². The van der Waals surface area contributed by atoms with Crippen LogP contribution in [0.3, 0.4) is 0 Å². The van der Waals surface area contributed by atoms with Crippen LogP contribution in [-0.2, 0) is 20.8 Å². The minimum absolute atomic E-state index is 0. The number of carbonyl (C=O) groups excluding carboxylic acids is 1. The summed E-state index contributed by atoms with van der Waals surface area (Å²) in [6.45, 7) is 19.2. The molecule has 6 aliphatic rings. The topological polar surface area (TPSA) is 42.7 Å². The van der Waals surface area contributed by atoms with Crippen molar-refractivity contribution in [3.05, 3.63) is 24.5 Å². The smallest absolute Gasteiger partial charge is 0.372 e. The molecule has 0 spiro atoms. The minimum atomic E-state index is -0.105. The van der Waals surface area contributed by atoms with E-state index in [2.05, 4.69) is 65.5 Å². The lowest BCUT2D eigenvalue weighted by atomic mass is 9.31. The van der Waals surface area contributed by atoms with E-state index in [9.17, 15) is 4.79 Å². The molecule has 10 atom stereocenters. The summed E-state index contributed by atoms with van der Waals surface area (Å²) < 4.78 is 15.1. The fourth-order valence-electron chi connectivity index (χ4n) is 13.4. The molecule has 6 heteroatoms. The van der Waals surface area contributed by atoms with Crippen molar-refractivity contribution in [2.75, 3.05) is 25.6 Å². The van der Waals surface area contributed by atoms with Crippen LogP contribution in [0.1, 0.15) is 113 Å². The van der Waals surface area contributed by atoms with Crippen molar-refractivity contribution < 1.29 is 35.8 Å². The van der Waals surface area contributed by atoms with Gasteiger partial charge in [0.05, 0.1) is 12.7 Å². The molecule has 1 aromatic rings. The van der Waals surface area contributed by atoms with E-state index in [1.54, 1.807) is 0 Å². The SMILES string of the molecule is CN(C)c1cc[n+](CC(=O)O[C@H]2CC[C@@]3(C)C(CC[C@]4(C)C3CCC3C5[C@H]6OC[C@@]5(CCC6(C)C)CC[C@]34C)C2(C)C)cc1.[Br-]. The van der Waals surface area contributed by atoms with Gasteiger partial charge in [0.2, 0.25) is 6.54 Å². The van der Waals surface area contributed by atoms with Gasteiger partial charge in [0.15, 0.2) is 12.4 Å². The van der Waals surface area contributed by atoms with Crippen LogP contribution in [-0.4, -0.2) is 38.9 Å². The van der Waals surface area contributed by atoms with E-state index in [-0.39, 0.29) is 41.0 Å². The third-order valence-electron chi connectivity index (χ3n) is 16.0. The normalized spacial score (nSPS) is 45.5. The number of aromatic nitrogens is 1. The van der Waals surface area contributed by atoms with Crippen LogP contribution in [0.2, 0.25) is 0 Å². The van der Waals surface area contributed by atoms with Crippen LogP contribution in [0.25, 0.3) is 0 Å². The van der Waals surface area contributed by atoms with E-state index in [1.165, 1.54) is 57.8 Å². The van der Waals surface area contributed by atoms with Gasteiger partial charge in [-0.1, -0.05) is 48.5 Å². The number of fused-ring (bicyclic) bond motifs is 5. The zero-order valence-corrected chi connectivity index (χ0v) is 31.3. The average Bonchev–Trinajstić information content (AvgIpc) is 3.29. The zero-order valence-electron chi connectivity index (χ0n) is 29.8. The molecule has 6 fully saturated rings. The molecule has 1 aliphatic heterocycles. The Morgan fingerprint density at radius 3 is 2.24 bits per heavy atom. The largest absolute Gasteiger partial charge is 1.00 e. The van der Waals surface area contributed by atoms with Crippen molar-refractivity contribution in [1.82, 2.24) is 0 Å². The van der Waals surface area contributed by atoms with Gasteiger partial charge in [-0.2, -0.15) is 4.57 Å². The Morgan fingerprint density at radius 2 is 1.56 bits per heavy atom. The fourth-order valence-corrected chi connectivity index (χ4v) is 13.4. The first-order valence-electron chi connectivity index (χ1n) is 18.1. The van der Waals surface area contributed by atoms with Crippen molar-refractivity contribution in [3.8, 4) is 0 Å². The molecule has 1 saturated heterocycles. The molecule has 45 heavy (non-hydrogen) atoms. The Bertz CT molecular complexity index is 1300. The zero-order chi connectivity index (χ0) is 31.5. The van der Waals surface area contributed by atoms with Crippen molar-refractivity contribution in [2.45, 2.75) is 131 Å². The van der Waals surface area contributed by atoms with Crippen LogP contribution in [0.4, 0.5) is 5.69 Å². The van der Waals surface area contributed by atoms with E-state index in [1.807, 2.05) is 31.1 Å². The molecule has 0 amide bonds. The van der Waals surface area contributed by atoms with Crippen molar-refractivity contribution >= 4 is 11.7 Å². The Balaban J connectivity index is 0.00000357. The molecule has 2 heterocycles. The highest BCUT2D eigenvalue weighted by atomic mass is 79.9.